The Morgan fingerprint density at radius 3 is 2.86 bits per heavy atom. The van der Waals surface area contributed by atoms with E-state index in [-0.39, 0.29) is 11.2 Å². The summed E-state index contributed by atoms with van der Waals surface area (Å²) in [6.45, 7) is 2.04. The minimum absolute atomic E-state index is 0.0514. The molecule has 0 bridgehead atoms. The number of hydrogen-bond donors (Lipinski definition) is 1. The summed E-state index contributed by atoms with van der Waals surface area (Å²) in [5, 5.41) is 11.8. The minimum atomic E-state index is -0.207. The average molecular weight is 424 g/mol. The van der Waals surface area contributed by atoms with E-state index in [1.807, 2.05) is 55.5 Å². The number of furan rings is 1. The molecule has 1 N–H and O–H groups in total. The fourth-order valence-corrected chi connectivity index (χ4v) is 4.20. The number of amides is 1. The Morgan fingerprint density at radius 2 is 2.03 bits per heavy atom. The molecule has 3 aromatic rings. The molecule has 1 aliphatic rings. The maximum absolute atomic E-state index is 12.2. The summed E-state index contributed by atoms with van der Waals surface area (Å²) in [5.41, 5.74) is 3.13. The lowest BCUT2D eigenvalue weighted by molar-refractivity contribution is -0.118. The van der Waals surface area contributed by atoms with Crippen LogP contribution in [0.4, 0.5) is 0 Å². The van der Waals surface area contributed by atoms with Crippen LogP contribution in [0.5, 0.6) is 0 Å². The van der Waals surface area contributed by atoms with E-state index in [1.165, 1.54) is 23.5 Å². The molecule has 4 rings (SSSR count). The van der Waals surface area contributed by atoms with Crippen LogP contribution < -0.4 is 5.32 Å². The SMILES string of the molecule is Cc1cccc(CC2S/C(=N/N=C/c3ccc(-c4ccccc4Cl)o3)NC2=O)c1. The van der Waals surface area contributed by atoms with E-state index in [9.17, 15) is 4.79 Å². The zero-order chi connectivity index (χ0) is 20.2. The molecule has 146 valence electrons. The van der Waals surface area contributed by atoms with E-state index in [4.69, 9.17) is 16.0 Å². The van der Waals surface area contributed by atoms with Crippen molar-refractivity contribution in [3.8, 4) is 11.3 Å². The summed E-state index contributed by atoms with van der Waals surface area (Å²) < 4.78 is 5.75. The Hall–Kier alpha value is -2.83. The standard InChI is InChI=1S/C22H18ClN3O2S/c1-14-5-4-6-15(11-14)12-20-21(27)25-22(29-20)26-24-13-16-9-10-19(28-16)17-7-2-3-8-18(17)23/h2-11,13,20H,12H2,1H3,(H,25,26,27)/b24-13+. The van der Waals surface area contributed by atoms with Crippen LogP contribution in [0.3, 0.4) is 0 Å². The van der Waals surface area contributed by atoms with Crippen LogP contribution >= 0.6 is 23.4 Å². The normalized spacial score (nSPS) is 17.9. The van der Waals surface area contributed by atoms with Crippen molar-refractivity contribution in [2.24, 2.45) is 10.2 Å². The zero-order valence-corrected chi connectivity index (χ0v) is 17.2. The van der Waals surface area contributed by atoms with Crippen molar-refractivity contribution in [2.45, 2.75) is 18.6 Å². The number of carbonyl (C=O) groups is 1. The third-order valence-corrected chi connectivity index (χ3v) is 5.78. The Labute approximate surface area is 177 Å². The maximum Gasteiger partial charge on any atom is 0.239 e. The molecule has 0 spiro atoms. The molecule has 1 aromatic heterocycles. The van der Waals surface area contributed by atoms with Gasteiger partial charge in [-0.2, -0.15) is 5.10 Å². The van der Waals surface area contributed by atoms with Gasteiger partial charge in [-0.3, -0.25) is 4.79 Å². The van der Waals surface area contributed by atoms with Gasteiger partial charge in [0.15, 0.2) is 5.17 Å². The third kappa shape index (κ3) is 4.78. The summed E-state index contributed by atoms with van der Waals surface area (Å²) >= 11 is 7.58. The first-order chi connectivity index (χ1) is 14.1. The first-order valence-corrected chi connectivity index (χ1v) is 10.3. The van der Waals surface area contributed by atoms with Gasteiger partial charge < -0.3 is 9.73 Å². The molecule has 0 saturated carbocycles. The van der Waals surface area contributed by atoms with Gasteiger partial charge in [-0.1, -0.05) is 65.3 Å². The summed E-state index contributed by atoms with van der Waals surface area (Å²) in [7, 11) is 0. The monoisotopic (exact) mass is 423 g/mol. The number of rotatable bonds is 5. The summed E-state index contributed by atoms with van der Waals surface area (Å²) in [6, 6.07) is 19.3. The number of benzene rings is 2. The summed E-state index contributed by atoms with van der Waals surface area (Å²) in [6.07, 6.45) is 2.16. The Morgan fingerprint density at radius 1 is 1.17 bits per heavy atom. The van der Waals surface area contributed by atoms with Crippen molar-refractivity contribution in [1.29, 1.82) is 0 Å². The van der Waals surface area contributed by atoms with Crippen LogP contribution in [0, 0.1) is 6.92 Å². The highest BCUT2D eigenvalue weighted by Gasteiger charge is 2.30. The fraction of sp³-hybridized carbons (Fsp3) is 0.136. The lowest BCUT2D eigenvalue weighted by Crippen LogP contribution is -2.25. The number of thioether (sulfide) groups is 1. The number of nitrogens with zero attached hydrogens (tertiary/aromatic N) is 2. The highest BCUT2D eigenvalue weighted by molar-refractivity contribution is 8.15. The second-order valence-electron chi connectivity index (χ2n) is 6.62. The van der Waals surface area contributed by atoms with Crippen LogP contribution in [0.25, 0.3) is 11.3 Å². The average Bonchev–Trinajstić information content (AvgIpc) is 3.29. The van der Waals surface area contributed by atoms with Crippen molar-refractivity contribution in [3.05, 3.63) is 82.6 Å². The number of hydrogen-bond acceptors (Lipinski definition) is 5. The molecule has 7 heteroatoms. The predicted octanol–water partition coefficient (Wildman–Crippen LogP) is 5.07. The van der Waals surface area contributed by atoms with E-state index in [1.54, 1.807) is 6.07 Å². The van der Waals surface area contributed by atoms with Crippen molar-refractivity contribution in [1.82, 2.24) is 5.32 Å². The number of amidine groups is 1. The summed E-state index contributed by atoms with van der Waals surface area (Å²) in [5.74, 6) is 1.16. The van der Waals surface area contributed by atoms with Gasteiger partial charge >= 0.3 is 0 Å². The Kier molecular flexibility index (Phi) is 5.83. The molecule has 1 unspecified atom stereocenters. The molecular formula is C22H18ClN3O2S. The smallest absolute Gasteiger partial charge is 0.239 e. The Bertz CT molecular complexity index is 1110. The molecule has 1 aliphatic heterocycles. The van der Waals surface area contributed by atoms with Crippen LogP contribution in [-0.4, -0.2) is 22.5 Å². The second-order valence-corrected chi connectivity index (χ2v) is 8.22. The quantitative estimate of drug-likeness (QED) is 0.460. The molecule has 5 nitrogen and oxygen atoms in total. The highest BCUT2D eigenvalue weighted by Crippen LogP contribution is 2.28. The van der Waals surface area contributed by atoms with E-state index in [2.05, 4.69) is 21.6 Å². The molecule has 29 heavy (non-hydrogen) atoms. The highest BCUT2D eigenvalue weighted by atomic mass is 35.5. The lowest BCUT2D eigenvalue weighted by Gasteiger charge is -2.05. The fourth-order valence-electron chi connectivity index (χ4n) is 3.01. The van der Waals surface area contributed by atoms with Gasteiger partial charge in [0.05, 0.1) is 16.5 Å². The van der Waals surface area contributed by atoms with E-state index in [0.717, 1.165) is 11.1 Å². The summed E-state index contributed by atoms with van der Waals surface area (Å²) in [4.78, 5) is 12.2. The second kappa shape index (κ2) is 8.68. The number of aryl methyl sites for hydroxylation is 1. The molecule has 0 radical (unpaired) electrons. The van der Waals surface area contributed by atoms with Crippen LogP contribution in [0.1, 0.15) is 16.9 Å². The minimum Gasteiger partial charge on any atom is -0.455 e. The van der Waals surface area contributed by atoms with E-state index < -0.39 is 0 Å². The van der Waals surface area contributed by atoms with Gasteiger partial charge in [0.1, 0.15) is 11.5 Å². The molecule has 0 aliphatic carbocycles. The van der Waals surface area contributed by atoms with Gasteiger partial charge in [0.2, 0.25) is 5.91 Å². The largest absolute Gasteiger partial charge is 0.455 e. The van der Waals surface area contributed by atoms with Gasteiger partial charge in [0, 0.05) is 5.56 Å². The molecule has 1 amide bonds. The predicted molar refractivity (Wildman–Crippen MR) is 119 cm³/mol. The molecule has 1 atom stereocenters. The number of nitrogens with one attached hydrogen (secondary N) is 1. The number of halogens is 1. The Balaban J connectivity index is 1.40. The first-order valence-electron chi connectivity index (χ1n) is 9.07. The van der Waals surface area contributed by atoms with Gasteiger partial charge in [-0.05, 0) is 43.2 Å². The van der Waals surface area contributed by atoms with Crippen molar-refractivity contribution in [2.75, 3.05) is 0 Å². The van der Waals surface area contributed by atoms with Crippen LogP contribution in [-0.2, 0) is 11.2 Å². The van der Waals surface area contributed by atoms with Gasteiger partial charge in [-0.25, -0.2) is 0 Å². The first kappa shape index (κ1) is 19.5. The molecule has 1 saturated heterocycles. The van der Waals surface area contributed by atoms with Gasteiger partial charge in [0.25, 0.3) is 0 Å². The van der Waals surface area contributed by atoms with Crippen molar-refractivity contribution < 1.29 is 9.21 Å². The molecule has 2 aromatic carbocycles. The zero-order valence-electron chi connectivity index (χ0n) is 15.6. The van der Waals surface area contributed by atoms with Crippen molar-refractivity contribution >= 4 is 40.7 Å². The maximum atomic E-state index is 12.2. The van der Waals surface area contributed by atoms with Crippen LogP contribution in [0.2, 0.25) is 5.02 Å². The van der Waals surface area contributed by atoms with Gasteiger partial charge in [-0.15, -0.1) is 5.10 Å². The topological polar surface area (TPSA) is 67.0 Å². The number of carbonyl (C=O) groups excluding carboxylic acids is 1. The molecule has 2 heterocycles. The van der Waals surface area contributed by atoms with Crippen molar-refractivity contribution in [3.63, 3.8) is 0 Å². The third-order valence-electron chi connectivity index (χ3n) is 4.38. The molecule has 1 fully saturated rings. The molecular weight excluding hydrogens is 406 g/mol. The van der Waals surface area contributed by atoms with E-state index in [0.29, 0.717) is 28.1 Å². The van der Waals surface area contributed by atoms with E-state index >= 15 is 0 Å². The lowest BCUT2D eigenvalue weighted by atomic mass is 10.1. The van der Waals surface area contributed by atoms with Crippen LogP contribution in [0.15, 0.2) is 75.3 Å².